The Hall–Kier alpha value is -3.66. The number of aryl methyl sites for hydroxylation is 2. The molecule has 14 nitrogen and oxygen atoms in total. The van der Waals surface area contributed by atoms with Crippen molar-refractivity contribution in [2.45, 2.75) is 39.2 Å². The molecule has 7 N–H and O–H groups in total. The van der Waals surface area contributed by atoms with Crippen LogP contribution in [0.4, 0.5) is 24.8 Å². The van der Waals surface area contributed by atoms with Crippen LogP contribution in [0, 0.1) is 0 Å². The first kappa shape index (κ1) is 32.6. The number of alkyl halides is 3. The number of nitrogen functional groups attached to an aromatic ring is 2. The van der Waals surface area contributed by atoms with E-state index in [1.54, 1.807) is 13.2 Å². The largest absolute Gasteiger partial charge is 0.542 e. The van der Waals surface area contributed by atoms with Gasteiger partial charge in [-0.1, -0.05) is 11.6 Å². The molecule has 1 aromatic carbocycles. The quantitative estimate of drug-likeness (QED) is 0.164. The minimum atomic E-state index is -5.19. The number of amides is 1. The number of aliphatic carboxylic acids is 1. The van der Waals surface area contributed by atoms with E-state index in [1.165, 1.54) is 0 Å². The van der Waals surface area contributed by atoms with Gasteiger partial charge in [0.05, 0.1) is 26.4 Å². The lowest BCUT2D eigenvalue weighted by Gasteiger charge is -2.09. The van der Waals surface area contributed by atoms with Crippen LogP contribution in [0.5, 0.6) is 5.75 Å². The second kappa shape index (κ2) is 13.1. The van der Waals surface area contributed by atoms with E-state index in [0.29, 0.717) is 24.7 Å². The van der Waals surface area contributed by atoms with Gasteiger partial charge >= 0.3 is 13.8 Å². The Morgan fingerprint density at radius 3 is 2.40 bits per heavy atom. The molecular formula is C21H26ClF3N7O7P. The van der Waals surface area contributed by atoms with Crippen LogP contribution in [-0.2, 0) is 29.0 Å². The summed E-state index contributed by atoms with van der Waals surface area (Å²) < 4.78 is 52.1. The lowest BCUT2D eigenvalue weighted by molar-refractivity contribution is -0.680. The molecule has 3 aromatic rings. The van der Waals surface area contributed by atoms with Crippen molar-refractivity contribution >= 4 is 53.7 Å². The molecule has 0 saturated heterocycles. The first-order chi connectivity index (χ1) is 18.5. The van der Waals surface area contributed by atoms with E-state index in [2.05, 4.69) is 15.3 Å². The highest BCUT2D eigenvalue weighted by atomic mass is 35.5. The van der Waals surface area contributed by atoms with Crippen molar-refractivity contribution in [1.29, 1.82) is 0 Å². The minimum Gasteiger partial charge on any atom is -0.542 e. The van der Waals surface area contributed by atoms with Gasteiger partial charge in [0.2, 0.25) is 0 Å². The van der Waals surface area contributed by atoms with Crippen molar-refractivity contribution in [2.24, 2.45) is 0 Å². The summed E-state index contributed by atoms with van der Waals surface area (Å²) in [6.07, 6.45) is -5.20. The number of hydrogen-bond donors (Lipinski definition) is 5. The monoisotopic (exact) mass is 611 g/mol. The van der Waals surface area contributed by atoms with Crippen molar-refractivity contribution in [3.63, 3.8) is 0 Å². The summed E-state index contributed by atoms with van der Waals surface area (Å²) in [5, 5.41) is 11.4. The number of carboxylic acids is 1. The Morgan fingerprint density at radius 2 is 1.88 bits per heavy atom. The third-order valence-electron chi connectivity index (χ3n) is 5.29. The number of hydrogen-bond acceptors (Lipinski definition) is 9. The van der Waals surface area contributed by atoms with Crippen molar-refractivity contribution < 1.29 is 51.5 Å². The zero-order chi connectivity index (χ0) is 30.4. The molecule has 3 rings (SSSR count). The van der Waals surface area contributed by atoms with Crippen molar-refractivity contribution in [1.82, 2.24) is 19.9 Å². The summed E-state index contributed by atoms with van der Waals surface area (Å²) in [4.78, 5) is 47.8. The van der Waals surface area contributed by atoms with Crippen LogP contribution in [0.25, 0.3) is 11.0 Å². The maximum atomic E-state index is 12.7. The lowest BCUT2D eigenvalue weighted by atomic mass is 10.3. The summed E-state index contributed by atoms with van der Waals surface area (Å²) in [5.74, 6) is -2.44. The van der Waals surface area contributed by atoms with Crippen LogP contribution in [0.15, 0.2) is 18.2 Å². The Balaban J connectivity index is 0.000000708. The molecule has 220 valence electrons. The molecule has 0 aliphatic heterocycles. The summed E-state index contributed by atoms with van der Waals surface area (Å²) in [6.45, 7) is 2.95. The molecule has 0 bridgehead atoms. The summed E-state index contributed by atoms with van der Waals surface area (Å²) in [6, 6.07) is 5.54. The van der Waals surface area contributed by atoms with Crippen LogP contribution >= 0.6 is 19.2 Å². The zero-order valence-electron chi connectivity index (χ0n) is 21.1. The number of benzene rings is 1. The average molecular weight is 612 g/mol. The number of halogens is 4. The van der Waals surface area contributed by atoms with Crippen LogP contribution in [0.3, 0.4) is 0 Å². The highest BCUT2D eigenvalue weighted by Gasteiger charge is 2.29. The predicted octanol–water partition coefficient (Wildman–Crippen LogP) is 0.362. The normalized spacial score (nSPS) is 11.6. The summed E-state index contributed by atoms with van der Waals surface area (Å²) >= 11 is 5.88. The van der Waals surface area contributed by atoms with Gasteiger partial charge in [-0.15, -0.1) is 0 Å². The Labute approximate surface area is 229 Å². The van der Waals surface area contributed by atoms with Gasteiger partial charge in [-0.2, -0.15) is 13.2 Å². The molecule has 0 atom stereocenters. The molecule has 0 saturated carbocycles. The first-order valence-corrected chi connectivity index (χ1v) is 13.5. The van der Waals surface area contributed by atoms with E-state index in [1.807, 2.05) is 28.2 Å². The van der Waals surface area contributed by atoms with Gasteiger partial charge in [-0.3, -0.25) is 9.36 Å². The number of nitrogens with one attached hydrogen (secondary N) is 1. The minimum absolute atomic E-state index is 0.0753. The highest BCUT2D eigenvalue weighted by molar-refractivity contribution is 7.51. The number of anilines is 2. The maximum absolute atomic E-state index is 12.7. The number of carbonyl (C=O) groups excluding carboxylic acids is 2. The number of nitrogens with two attached hydrogens (primary N) is 2. The lowest BCUT2D eigenvalue weighted by Crippen LogP contribution is -2.41. The fourth-order valence-electron chi connectivity index (χ4n) is 3.58. The van der Waals surface area contributed by atoms with Crippen molar-refractivity contribution in [2.75, 3.05) is 24.7 Å². The molecule has 0 unspecified atom stereocenters. The first-order valence-electron chi connectivity index (χ1n) is 11.3. The number of methoxy groups -OCH3 is 1. The van der Waals surface area contributed by atoms with Crippen LogP contribution in [0.1, 0.15) is 29.7 Å². The molecule has 1 amide bonds. The van der Waals surface area contributed by atoms with Gasteiger partial charge in [0.15, 0.2) is 33.5 Å². The number of aromatic nitrogens is 4. The molecule has 0 spiro atoms. The standard InChI is InChI=1S/C19H25ClN7O5P.C2HF3O2/c1-3-26-13-9-11(32-2)5-6-12(13)27(7-4-8-33(29,30)31)14(26)10-23-19(28)15-17(21)25-18(22)16(20)24-15;3-2(4,5)1(6)7/h5-6,9H,3-4,7-8,10H2,1-2H3,(H6-,21,22,23,25,28,29,30,31);(H,6,7). The smallest absolute Gasteiger partial charge is 0.430 e. The van der Waals surface area contributed by atoms with Gasteiger partial charge in [0.1, 0.15) is 18.3 Å². The van der Waals surface area contributed by atoms with E-state index in [9.17, 15) is 32.3 Å². The molecule has 19 heteroatoms. The fraction of sp³-hybridized carbons (Fsp3) is 0.381. The number of ether oxygens (including phenoxy) is 1. The predicted molar refractivity (Wildman–Crippen MR) is 134 cm³/mol. The second-order valence-electron chi connectivity index (χ2n) is 8.01. The van der Waals surface area contributed by atoms with Gasteiger partial charge < -0.3 is 41.2 Å². The van der Waals surface area contributed by atoms with E-state index in [4.69, 9.17) is 37.7 Å². The topological polar surface area (TPSA) is 223 Å². The van der Waals surface area contributed by atoms with Gasteiger partial charge in [0.25, 0.3) is 11.7 Å². The maximum Gasteiger partial charge on any atom is 0.430 e. The number of fused-ring (bicyclic) bond motifs is 1. The Morgan fingerprint density at radius 1 is 1.25 bits per heavy atom. The average Bonchev–Trinajstić information content (AvgIpc) is 3.15. The third-order valence-corrected chi connectivity index (χ3v) is 6.47. The number of nitrogens with zero attached hydrogens (tertiary/aromatic N) is 4. The zero-order valence-corrected chi connectivity index (χ0v) is 22.8. The van der Waals surface area contributed by atoms with Gasteiger partial charge in [0, 0.05) is 6.07 Å². The van der Waals surface area contributed by atoms with Crippen LogP contribution in [-0.4, -0.2) is 55.6 Å². The second-order valence-corrected chi connectivity index (χ2v) is 10.1. The number of imidazole rings is 1. The summed E-state index contributed by atoms with van der Waals surface area (Å²) in [7, 11) is -2.57. The third kappa shape index (κ3) is 8.42. The van der Waals surface area contributed by atoms with E-state index < -0.39 is 25.6 Å². The SMILES string of the molecule is CCn1c(CNC(=O)c2nc(Cl)c(N)nc2N)[n+](CCCP(=O)(O)O)c2ccc(OC)cc21.O=C([O-])C(F)(F)F. The van der Waals surface area contributed by atoms with Crippen LogP contribution in [0.2, 0.25) is 5.15 Å². The van der Waals surface area contributed by atoms with E-state index in [-0.39, 0.29) is 41.6 Å². The number of carboxylic acid groups (broad SMARTS) is 1. The molecule has 2 aromatic heterocycles. The van der Waals surface area contributed by atoms with Gasteiger partial charge in [-0.05, 0) is 25.5 Å². The fourth-order valence-corrected chi connectivity index (χ4v) is 4.26. The molecular weight excluding hydrogens is 586 g/mol. The van der Waals surface area contributed by atoms with Crippen molar-refractivity contribution in [3.05, 3.63) is 34.9 Å². The molecule has 0 aliphatic carbocycles. The number of rotatable bonds is 9. The molecule has 0 fully saturated rings. The van der Waals surface area contributed by atoms with Gasteiger partial charge in [-0.25, -0.2) is 19.1 Å². The van der Waals surface area contributed by atoms with E-state index >= 15 is 0 Å². The molecule has 0 radical (unpaired) electrons. The molecule has 0 aliphatic rings. The van der Waals surface area contributed by atoms with E-state index in [0.717, 1.165) is 11.0 Å². The Bertz CT molecular complexity index is 1450. The van der Waals surface area contributed by atoms with Crippen LogP contribution < -0.4 is 31.2 Å². The summed E-state index contributed by atoms with van der Waals surface area (Å²) in [5.41, 5.74) is 12.9. The molecule has 2 heterocycles. The molecule has 40 heavy (non-hydrogen) atoms. The number of carbonyl (C=O) groups is 2. The van der Waals surface area contributed by atoms with Crippen molar-refractivity contribution in [3.8, 4) is 5.75 Å². The highest BCUT2D eigenvalue weighted by Crippen LogP contribution is 2.35. The Kier molecular flexibility index (Phi) is 10.7.